The standard InChI is InChI=1S/C31H31ClN4O4/c1-20-17-22(9-11-24(20)31(39)36-15-5-6-16-36)30(38)35-26(29-33-25-12-10-23(32)18-27(25)34-29)13-14-28(37)40-19-21-7-3-2-4-8-21/h2-4,7-12,17-18,26H,5-6,13-16,19H2,1H3,(H,33,34)(H,35,38)/t26-/m0/s1. The van der Waals surface area contributed by atoms with Gasteiger partial charge in [-0.05, 0) is 73.7 Å². The summed E-state index contributed by atoms with van der Waals surface area (Å²) >= 11 is 6.14. The van der Waals surface area contributed by atoms with Crippen LogP contribution in [0.3, 0.4) is 0 Å². The zero-order valence-electron chi connectivity index (χ0n) is 22.3. The molecule has 0 aliphatic carbocycles. The second-order valence-corrected chi connectivity index (χ2v) is 10.5. The number of H-pyrrole nitrogens is 1. The molecular weight excluding hydrogens is 528 g/mol. The molecule has 4 aromatic rings. The smallest absolute Gasteiger partial charge is 0.306 e. The minimum absolute atomic E-state index is 0.00483. The molecule has 1 aliphatic heterocycles. The van der Waals surface area contributed by atoms with E-state index in [1.165, 1.54) is 0 Å². The van der Waals surface area contributed by atoms with Gasteiger partial charge in [0.25, 0.3) is 11.8 Å². The first-order chi connectivity index (χ1) is 19.4. The minimum Gasteiger partial charge on any atom is -0.461 e. The number of ether oxygens (including phenoxy) is 1. The SMILES string of the molecule is Cc1cc(C(=O)N[C@@H](CCC(=O)OCc2ccccc2)c2nc3cc(Cl)ccc3[nH]2)ccc1C(=O)N1CCCC1. The van der Waals surface area contributed by atoms with Crippen LogP contribution < -0.4 is 5.32 Å². The van der Waals surface area contributed by atoms with Crippen LogP contribution in [0.1, 0.15) is 69.4 Å². The van der Waals surface area contributed by atoms with Crippen LogP contribution in [0.25, 0.3) is 11.0 Å². The lowest BCUT2D eigenvalue weighted by molar-refractivity contribution is -0.145. The van der Waals surface area contributed by atoms with Crippen LogP contribution >= 0.6 is 11.6 Å². The summed E-state index contributed by atoms with van der Waals surface area (Å²) in [6.45, 7) is 3.54. The number of aromatic amines is 1. The van der Waals surface area contributed by atoms with E-state index in [2.05, 4.69) is 15.3 Å². The van der Waals surface area contributed by atoms with E-state index in [1.807, 2.05) is 48.2 Å². The molecule has 8 nitrogen and oxygen atoms in total. The van der Waals surface area contributed by atoms with Crippen LogP contribution in [0.2, 0.25) is 5.02 Å². The molecule has 0 radical (unpaired) electrons. The average Bonchev–Trinajstić information content (AvgIpc) is 3.64. The summed E-state index contributed by atoms with van der Waals surface area (Å²) in [5.41, 5.74) is 4.09. The molecule has 1 fully saturated rings. The molecule has 40 heavy (non-hydrogen) atoms. The lowest BCUT2D eigenvalue weighted by atomic mass is 10.0. The summed E-state index contributed by atoms with van der Waals surface area (Å²) in [7, 11) is 0. The Morgan fingerprint density at radius 3 is 2.58 bits per heavy atom. The Morgan fingerprint density at radius 2 is 1.82 bits per heavy atom. The predicted octanol–water partition coefficient (Wildman–Crippen LogP) is 5.76. The topological polar surface area (TPSA) is 104 Å². The Kier molecular flexibility index (Phi) is 8.45. The Labute approximate surface area is 237 Å². The van der Waals surface area contributed by atoms with Crippen molar-refractivity contribution in [1.29, 1.82) is 0 Å². The van der Waals surface area contributed by atoms with Gasteiger partial charge < -0.3 is 19.9 Å². The molecule has 5 rings (SSSR count). The van der Waals surface area contributed by atoms with Crippen LogP contribution in [0, 0.1) is 6.92 Å². The quantitative estimate of drug-likeness (QED) is 0.254. The van der Waals surface area contributed by atoms with Gasteiger partial charge in [-0.2, -0.15) is 0 Å². The Morgan fingerprint density at radius 1 is 1.05 bits per heavy atom. The number of hydrogen-bond donors (Lipinski definition) is 2. The molecule has 1 saturated heterocycles. The fourth-order valence-corrected chi connectivity index (χ4v) is 5.06. The van der Waals surface area contributed by atoms with Gasteiger partial charge in [0.1, 0.15) is 12.4 Å². The van der Waals surface area contributed by atoms with Gasteiger partial charge in [0.05, 0.1) is 17.1 Å². The molecule has 0 unspecified atom stereocenters. The minimum atomic E-state index is -0.589. The van der Waals surface area contributed by atoms with Crippen LogP contribution in [-0.4, -0.2) is 45.7 Å². The van der Waals surface area contributed by atoms with Gasteiger partial charge >= 0.3 is 5.97 Å². The first kappa shape index (κ1) is 27.4. The van der Waals surface area contributed by atoms with Gasteiger partial charge in [-0.1, -0.05) is 41.9 Å². The molecule has 0 bridgehead atoms. The number of halogens is 1. The third-order valence-electron chi connectivity index (χ3n) is 7.09. The van der Waals surface area contributed by atoms with E-state index in [0.717, 1.165) is 42.6 Å². The molecule has 1 aromatic heterocycles. The Bertz CT molecular complexity index is 1530. The van der Waals surface area contributed by atoms with Crippen molar-refractivity contribution in [3.63, 3.8) is 0 Å². The second-order valence-electron chi connectivity index (χ2n) is 10.0. The van der Waals surface area contributed by atoms with Crippen molar-refractivity contribution in [2.75, 3.05) is 13.1 Å². The van der Waals surface area contributed by atoms with Gasteiger partial charge in [-0.25, -0.2) is 4.98 Å². The number of fused-ring (bicyclic) bond motifs is 1. The number of carbonyl (C=O) groups is 3. The van der Waals surface area contributed by atoms with E-state index in [0.29, 0.717) is 27.5 Å². The van der Waals surface area contributed by atoms with E-state index in [-0.39, 0.29) is 37.2 Å². The van der Waals surface area contributed by atoms with E-state index in [4.69, 9.17) is 16.3 Å². The van der Waals surface area contributed by atoms with Crippen molar-refractivity contribution in [3.8, 4) is 0 Å². The molecule has 3 aromatic carbocycles. The number of nitrogens with zero attached hydrogens (tertiary/aromatic N) is 2. The van der Waals surface area contributed by atoms with Crippen molar-refractivity contribution >= 4 is 40.4 Å². The maximum absolute atomic E-state index is 13.4. The normalized spacial score (nSPS) is 13.8. The maximum Gasteiger partial charge on any atom is 0.306 e. The summed E-state index contributed by atoms with van der Waals surface area (Å²) < 4.78 is 5.44. The molecule has 206 valence electrons. The van der Waals surface area contributed by atoms with Crippen LogP contribution in [-0.2, 0) is 16.1 Å². The molecule has 9 heteroatoms. The Hall–Kier alpha value is -4.17. The highest BCUT2D eigenvalue weighted by molar-refractivity contribution is 6.31. The highest BCUT2D eigenvalue weighted by atomic mass is 35.5. The molecule has 2 heterocycles. The first-order valence-electron chi connectivity index (χ1n) is 13.4. The highest BCUT2D eigenvalue weighted by Crippen LogP contribution is 2.24. The molecular formula is C31H31ClN4O4. The number of carbonyl (C=O) groups excluding carboxylic acids is 3. The van der Waals surface area contributed by atoms with E-state index in [9.17, 15) is 14.4 Å². The van der Waals surface area contributed by atoms with Crippen molar-refractivity contribution in [2.24, 2.45) is 0 Å². The highest BCUT2D eigenvalue weighted by Gasteiger charge is 2.24. The fourth-order valence-electron chi connectivity index (χ4n) is 4.89. The van der Waals surface area contributed by atoms with Crippen LogP contribution in [0.15, 0.2) is 66.7 Å². The number of amides is 2. The number of aromatic nitrogens is 2. The second kappa shape index (κ2) is 12.3. The zero-order valence-corrected chi connectivity index (χ0v) is 23.0. The predicted molar refractivity (Wildman–Crippen MR) is 153 cm³/mol. The number of imidazole rings is 1. The monoisotopic (exact) mass is 558 g/mol. The van der Waals surface area contributed by atoms with E-state index >= 15 is 0 Å². The van der Waals surface area contributed by atoms with Gasteiger partial charge in [-0.15, -0.1) is 0 Å². The molecule has 0 saturated carbocycles. The number of rotatable bonds is 9. The van der Waals surface area contributed by atoms with E-state index in [1.54, 1.807) is 30.3 Å². The van der Waals surface area contributed by atoms with Gasteiger partial charge in [0.2, 0.25) is 0 Å². The molecule has 2 amide bonds. The van der Waals surface area contributed by atoms with Crippen molar-refractivity contribution < 1.29 is 19.1 Å². The average molecular weight is 559 g/mol. The first-order valence-corrected chi connectivity index (χ1v) is 13.8. The van der Waals surface area contributed by atoms with Crippen molar-refractivity contribution in [3.05, 3.63) is 99.8 Å². The van der Waals surface area contributed by atoms with Gasteiger partial charge in [0.15, 0.2) is 0 Å². The van der Waals surface area contributed by atoms with Crippen LogP contribution in [0.4, 0.5) is 0 Å². The number of hydrogen-bond acceptors (Lipinski definition) is 5. The van der Waals surface area contributed by atoms with Crippen molar-refractivity contribution in [1.82, 2.24) is 20.2 Å². The van der Waals surface area contributed by atoms with Crippen LogP contribution in [0.5, 0.6) is 0 Å². The summed E-state index contributed by atoms with van der Waals surface area (Å²) in [6, 6.07) is 19.3. The summed E-state index contributed by atoms with van der Waals surface area (Å²) in [4.78, 5) is 48.5. The number of nitrogens with one attached hydrogen (secondary N) is 2. The molecule has 1 atom stereocenters. The van der Waals surface area contributed by atoms with E-state index < -0.39 is 6.04 Å². The summed E-state index contributed by atoms with van der Waals surface area (Å²) in [6.07, 6.45) is 2.39. The molecule has 1 aliphatic rings. The zero-order chi connectivity index (χ0) is 28.1. The maximum atomic E-state index is 13.4. The number of aryl methyl sites for hydroxylation is 1. The third kappa shape index (κ3) is 6.51. The summed E-state index contributed by atoms with van der Waals surface area (Å²) in [5, 5.41) is 3.57. The van der Waals surface area contributed by atoms with Crippen molar-refractivity contribution in [2.45, 2.75) is 45.3 Å². The van der Waals surface area contributed by atoms with Gasteiger partial charge in [-0.3, -0.25) is 14.4 Å². The number of esters is 1. The number of benzene rings is 3. The fraction of sp³-hybridized carbons (Fsp3) is 0.290. The summed E-state index contributed by atoms with van der Waals surface area (Å²) in [5.74, 6) is -0.193. The lowest BCUT2D eigenvalue weighted by Crippen LogP contribution is -2.31. The molecule has 2 N–H and O–H groups in total. The van der Waals surface area contributed by atoms with Gasteiger partial charge in [0, 0.05) is 35.7 Å². The third-order valence-corrected chi connectivity index (χ3v) is 7.33. The lowest BCUT2D eigenvalue weighted by Gasteiger charge is -2.19. The largest absolute Gasteiger partial charge is 0.461 e. The Balaban J connectivity index is 1.31. The molecule has 0 spiro atoms. The number of likely N-dealkylation sites (tertiary alicyclic amines) is 1.